The maximum atomic E-state index is 11.3. The van der Waals surface area contributed by atoms with E-state index in [0.717, 1.165) is 29.0 Å². The standard InChI is InChI=1S/C17H14Br4N2O2/c1-8(24)22-16-12(18)4-10(5-13(16)19)3-11-6-14(20)17(15(21)7-11)23-9(2)25/h4-7H,3H2,1-2H3,(H,22,24)(H,23,25). The molecule has 132 valence electrons. The highest BCUT2D eigenvalue weighted by atomic mass is 79.9. The van der Waals surface area contributed by atoms with E-state index in [4.69, 9.17) is 0 Å². The lowest BCUT2D eigenvalue weighted by molar-refractivity contribution is -0.115. The van der Waals surface area contributed by atoms with Gasteiger partial charge < -0.3 is 10.6 Å². The largest absolute Gasteiger partial charge is 0.324 e. The smallest absolute Gasteiger partial charge is 0.221 e. The van der Waals surface area contributed by atoms with E-state index in [1.165, 1.54) is 13.8 Å². The van der Waals surface area contributed by atoms with E-state index in [0.29, 0.717) is 17.8 Å². The van der Waals surface area contributed by atoms with Crippen molar-refractivity contribution in [2.75, 3.05) is 10.6 Å². The van der Waals surface area contributed by atoms with Gasteiger partial charge in [0.15, 0.2) is 0 Å². The molecule has 0 unspecified atom stereocenters. The minimum absolute atomic E-state index is 0.129. The third-order valence-electron chi connectivity index (χ3n) is 3.21. The van der Waals surface area contributed by atoms with Crippen LogP contribution in [0, 0.1) is 0 Å². The van der Waals surface area contributed by atoms with Gasteiger partial charge in [-0.3, -0.25) is 9.59 Å². The lowest BCUT2D eigenvalue weighted by Gasteiger charge is -2.13. The summed E-state index contributed by atoms with van der Waals surface area (Å²) in [5.41, 5.74) is 3.55. The van der Waals surface area contributed by atoms with Gasteiger partial charge in [-0.05, 0) is 106 Å². The van der Waals surface area contributed by atoms with Crippen LogP contribution in [0.5, 0.6) is 0 Å². The Hall–Kier alpha value is -0.700. The molecule has 2 N–H and O–H groups in total. The zero-order valence-corrected chi connectivity index (χ0v) is 19.7. The van der Waals surface area contributed by atoms with Gasteiger partial charge in [0.05, 0.1) is 11.4 Å². The first-order valence-corrected chi connectivity index (χ1v) is 10.4. The summed E-state index contributed by atoms with van der Waals surface area (Å²) >= 11 is 14.0. The summed E-state index contributed by atoms with van der Waals surface area (Å²) in [5, 5.41) is 5.58. The number of nitrogens with one attached hydrogen (secondary N) is 2. The lowest BCUT2D eigenvalue weighted by atomic mass is 10.0. The first-order valence-electron chi connectivity index (χ1n) is 7.18. The van der Waals surface area contributed by atoms with E-state index in [2.05, 4.69) is 74.4 Å². The molecule has 0 heterocycles. The number of hydrogen-bond acceptors (Lipinski definition) is 2. The van der Waals surface area contributed by atoms with E-state index in [9.17, 15) is 9.59 Å². The number of benzene rings is 2. The Morgan fingerprint density at radius 3 is 1.24 bits per heavy atom. The van der Waals surface area contributed by atoms with Crippen LogP contribution < -0.4 is 10.6 Å². The van der Waals surface area contributed by atoms with Crippen molar-refractivity contribution in [3.63, 3.8) is 0 Å². The summed E-state index contributed by atoms with van der Waals surface area (Å²) in [6.45, 7) is 2.94. The molecule has 0 aliphatic heterocycles. The van der Waals surface area contributed by atoms with Gasteiger partial charge in [-0.25, -0.2) is 0 Å². The Labute approximate surface area is 179 Å². The molecule has 0 bridgehead atoms. The van der Waals surface area contributed by atoms with Crippen molar-refractivity contribution >= 4 is 86.9 Å². The fraction of sp³-hybridized carbons (Fsp3) is 0.176. The van der Waals surface area contributed by atoms with Crippen LogP contribution in [0.1, 0.15) is 25.0 Å². The van der Waals surface area contributed by atoms with E-state index in [1.54, 1.807) is 0 Å². The molecule has 2 amide bonds. The Balaban J connectivity index is 2.31. The van der Waals surface area contributed by atoms with Crippen molar-refractivity contribution in [2.24, 2.45) is 0 Å². The zero-order chi connectivity index (χ0) is 18.7. The normalized spacial score (nSPS) is 10.5. The van der Waals surface area contributed by atoms with Crippen molar-refractivity contribution in [3.8, 4) is 0 Å². The topological polar surface area (TPSA) is 58.2 Å². The van der Waals surface area contributed by atoms with Gasteiger partial charge in [0.25, 0.3) is 0 Å². The number of hydrogen-bond donors (Lipinski definition) is 2. The number of anilines is 2. The summed E-state index contributed by atoms with van der Waals surface area (Å²) in [6.07, 6.45) is 0.690. The van der Waals surface area contributed by atoms with Crippen LogP contribution in [0.15, 0.2) is 42.2 Å². The van der Waals surface area contributed by atoms with E-state index < -0.39 is 0 Å². The van der Waals surface area contributed by atoms with Crippen LogP contribution >= 0.6 is 63.7 Å². The molecule has 0 spiro atoms. The van der Waals surface area contributed by atoms with Crippen molar-refractivity contribution in [1.82, 2.24) is 0 Å². The molecule has 4 nitrogen and oxygen atoms in total. The maximum Gasteiger partial charge on any atom is 0.221 e. The second-order valence-corrected chi connectivity index (χ2v) is 8.83. The van der Waals surface area contributed by atoms with Crippen LogP contribution in [0.4, 0.5) is 11.4 Å². The van der Waals surface area contributed by atoms with Crippen LogP contribution in [-0.4, -0.2) is 11.8 Å². The SMILES string of the molecule is CC(=O)Nc1c(Br)cc(Cc2cc(Br)c(NC(C)=O)c(Br)c2)cc1Br. The fourth-order valence-corrected chi connectivity index (χ4v) is 5.24. The second kappa shape index (κ2) is 8.79. The molecule has 0 radical (unpaired) electrons. The Morgan fingerprint density at radius 1 is 0.720 bits per heavy atom. The predicted molar refractivity (Wildman–Crippen MR) is 115 cm³/mol. The van der Waals surface area contributed by atoms with E-state index in [-0.39, 0.29) is 11.8 Å². The van der Waals surface area contributed by atoms with Crippen molar-refractivity contribution in [3.05, 3.63) is 53.3 Å². The van der Waals surface area contributed by atoms with Gasteiger partial charge in [-0.1, -0.05) is 0 Å². The van der Waals surface area contributed by atoms with E-state index >= 15 is 0 Å². The molecule has 0 saturated heterocycles. The van der Waals surface area contributed by atoms with Crippen molar-refractivity contribution in [1.29, 1.82) is 0 Å². The zero-order valence-electron chi connectivity index (χ0n) is 13.3. The van der Waals surface area contributed by atoms with Crippen LogP contribution in [0.25, 0.3) is 0 Å². The van der Waals surface area contributed by atoms with Gasteiger partial charge >= 0.3 is 0 Å². The second-order valence-electron chi connectivity index (χ2n) is 5.41. The first-order chi connectivity index (χ1) is 11.7. The van der Waals surface area contributed by atoms with Gasteiger partial charge in [0.2, 0.25) is 11.8 Å². The molecule has 0 aliphatic carbocycles. The minimum Gasteiger partial charge on any atom is -0.324 e. The van der Waals surface area contributed by atoms with Crippen LogP contribution in [0.2, 0.25) is 0 Å². The number of amides is 2. The molecule has 25 heavy (non-hydrogen) atoms. The summed E-state index contributed by atoms with van der Waals surface area (Å²) in [7, 11) is 0. The predicted octanol–water partition coefficient (Wildman–Crippen LogP) is 6.24. The Morgan fingerprint density at radius 2 is 1.00 bits per heavy atom. The summed E-state index contributed by atoms with van der Waals surface area (Å²) < 4.78 is 3.22. The van der Waals surface area contributed by atoms with Gasteiger partial charge in [0.1, 0.15) is 0 Å². The molecule has 0 aliphatic rings. The lowest BCUT2D eigenvalue weighted by Crippen LogP contribution is -2.08. The molecule has 2 rings (SSSR count). The molecule has 8 heteroatoms. The van der Waals surface area contributed by atoms with Crippen LogP contribution in [0.3, 0.4) is 0 Å². The fourth-order valence-electron chi connectivity index (χ4n) is 2.28. The van der Waals surface area contributed by atoms with Crippen molar-refractivity contribution < 1.29 is 9.59 Å². The number of halogens is 4. The molecule has 0 aromatic heterocycles. The summed E-state index contributed by atoms with van der Waals surface area (Å²) in [6, 6.07) is 7.89. The molecular weight excluding hydrogens is 584 g/mol. The summed E-state index contributed by atoms with van der Waals surface area (Å²) in [5.74, 6) is -0.258. The molecular formula is C17H14Br4N2O2. The molecule has 0 atom stereocenters. The monoisotopic (exact) mass is 594 g/mol. The molecule has 0 saturated carbocycles. The average Bonchev–Trinajstić information content (AvgIpc) is 2.46. The average molecular weight is 598 g/mol. The highest BCUT2D eigenvalue weighted by Crippen LogP contribution is 2.36. The number of carbonyl (C=O) groups is 2. The first kappa shape index (κ1) is 20.6. The highest BCUT2D eigenvalue weighted by Gasteiger charge is 2.12. The maximum absolute atomic E-state index is 11.3. The third-order valence-corrected chi connectivity index (χ3v) is 5.72. The minimum atomic E-state index is -0.129. The van der Waals surface area contributed by atoms with Crippen molar-refractivity contribution in [2.45, 2.75) is 20.3 Å². The van der Waals surface area contributed by atoms with Crippen LogP contribution in [-0.2, 0) is 16.0 Å². The quantitative estimate of drug-likeness (QED) is 0.438. The Kier molecular flexibility index (Phi) is 7.25. The molecule has 2 aromatic rings. The molecule has 2 aromatic carbocycles. The third kappa shape index (κ3) is 5.64. The highest BCUT2D eigenvalue weighted by molar-refractivity contribution is 9.11. The van der Waals surface area contributed by atoms with Gasteiger partial charge in [-0.2, -0.15) is 0 Å². The van der Waals surface area contributed by atoms with Gasteiger partial charge in [-0.15, -0.1) is 0 Å². The number of carbonyl (C=O) groups excluding carboxylic acids is 2. The number of rotatable bonds is 4. The summed E-state index contributed by atoms with van der Waals surface area (Å²) in [4.78, 5) is 22.6. The Bertz CT molecular complexity index is 737. The van der Waals surface area contributed by atoms with Gasteiger partial charge in [0, 0.05) is 31.7 Å². The van der Waals surface area contributed by atoms with E-state index in [1.807, 2.05) is 24.3 Å². The molecule has 0 fully saturated rings.